The molecule has 0 radical (unpaired) electrons. The molecule has 2 nitrogen and oxygen atoms in total. The molecule has 0 amide bonds. The fourth-order valence-corrected chi connectivity index (χ4v) is 8.61. The lowest BCUT2D eigenvalue weighted by Gasteiger charge is -2.42. The minimum Gasteiger partial charge on any atom is -0.480 e. The fraction of sp³-hybridized carbons (Fsp3) is 0.800. The van der Waals surface area contributed by atoms with Gasteiger partial charge in [-0.1, -0.05) is 181 Å². The first-order valence-electron chi connectivity index (χ1n) is 3.04. The van der Waals surface area contributed by atoms with Crippen LogP contribution in [0.3, 0.4) is 0 Å². The number of alkyl halides is 8. The monoisotopic (exact) mass is 1110 g/mol. The molecular weight excluding hydrogens is 1110 g/mol. The molecule has 0 aromatic heterocycles. The lowest BCUT2D eigenvalue weighted by molar-refractivity contribution is -0.136. The molecule has 15 heavy (non-hydrogen) atoms. The van der Waals surface area contributed by atoms with Crippen molar-refractivity contribution in [2.45, 2.75) is 6.22 Å². The molecule has 0 aliphatic heterocycles. The molecule has 0 rings (SSSR count). The number of hydrogen-bond donors (Lipinski definition) is 1. The summed E-state index contributed by atoms with van der Waals surface area (Å²) < 4.78 is -1.03. The number of carboxylic acid groups (broad SMARTS) is 1. The molecule has 0 aromatic rings. The van der Waals surface area contributed by atoms with Gasteiger partial charge in [0.15, 0.2) is 1.43 Å². The zero-order valence-electron chi connectivity index (χ0n) is 6.46. The SMILES string of the molecule is O=C(O)C(I)(I)C(I)(I)C(I)(I)C(I)I. The summed E-state index contributed by atoms with van der Waals surface area (Å²) >= 11 is 17.9. The van der Waals surface area contributed by atoms with Gasteiger partial charge >= 0.3 is 5.97 Å². The summed E-state index contributed by atoms with van der Waals surface area (Å²) in [5, 5.41) is 9.29. The molecule has 0 fully saturated rings. The zero-order chi connectivity index (χ0) is 12.7. The molecule has 0 aromatic carbocycles. The minimum absolute atomic E-state index is 0.147. The van der Waals surface area contributed by atoms with Crippen LogP contribution >= 0.6 is 181 Å². The third-order valence-electron chi connectivity index (χ3n) is 1.36. The second-order valence-corrected chi connectivity index (χ2v) is 23.3. The van der Waals surface area contributed by atoms with Crippen molar-refractivity contribution in [1.29, 1.82) is 0 Å². The van der Waals surface area contributed by atoms with Crippen molar-refractivity contribution in [3.05, 3.63) is 0 Å². The molecule has 0 aliphatic carbocycles. The van der Waals surface area contributed by atoms with Gasteiger partial charge in [-0.15, -0.1) is 0 Å². The maximum Gasteiger partial charge on any atom is 0.332 e. The smallest absolute Gasteiger partial charge is 0.332 e. The van der Waals surface area contributed by atoms with Gasteiger partial charge < -0.3 is 5.11 Å². The van der Waals surface area contributed by atoms with Gasteiger partial charge in [0.05, 0.1) is 1.93 Å². The average molecular weight is 1110 g/mol. The van der Waals surface area contributed by atoms with Crippen molar-refractivity contribution in [2.75, 3.05) is 0 Å². The Bertz CT molecular complexity index is 260. The molecule has 0 aliphatic rings. The van der Waals surface area contributed by atoms with Gasteiger partial charge in [0, 0.05) is 0 Å². The van der Waals surface area contributed by atoms with Crippen LogP contribution in [-0.2, 0) is 4.79 Å². The van der Waals surface area contributed by atoms with Crippen LogP contribution in [0.4, 0.5) is 0 Å². The van der Waals surface area contributed by atoms with E-state index in [9.17, 15) is 9.90 Å². The molecule has 0 spiro atoms. The lowest BCUT2D eigenvalue weighted by Crippen LogP contribution is -2.53. The molecule has 0 atom stereocenters. The quantitative estimate of drug-likeness (QED) is 0.279. The van der Waals surface area contributed by atoms with Crippen LogP contribution in [0.25, 0.3) is 0 Å². The average Bonchev–Trinajstić information content (AvgIpc) is 2.02. The highest BCUT2D eigenvalue weighted by Crippen LogP contribution is 2.64. The van der Waals surface area contributed by atoms with Crippen LogP contribution in [0.15, 0.2) is 0 Å². The summed E-state index contributed by atoms with van der Waals surface area (Å²) in [6.07, 6.45) is 0. The maximum absolute atomic E-state index is 11.3. The van der Waals surface area contributed by atoms with E-state index in [1.165, 1.54) is 0 Å². The first kappa shape index (κ1) is 20.3. The van der Waals surface area contributed by atoms with Gasteiger partial charge in [-0.05, 0) is 0 Å². The van der Waals surface area contributed by atoms with E-state index in [0.717, 1.165) is 0 Å². The van der Waals surface area contributed by atoms with Crippen LogP contribution < -0.4 is 0 Å². The Kier molecular flexibility index (Phi) is 10.2. The number of hydrogen-bond acceptors (Lipinski definition) is 1. The van der Waals surface area contributed by atoms with Crippen molar-refractivity contribution < 1.29 is 9.90 Å². The molecule has 0 unspecified atom stereocenters. The first-order valence-corrected chi connectivity index (χ1v) is 12.0. The van der Waals surface area contributed by atoms with Crippen LogP contribution in [0.2, 0.25) is 0 Å². The summed E-state index contributed by atoms with van der Waals surface area (Å²) in [7, 11) is 0. The van der Waals surface area contributed by atoms with Gasteiger partial charge in [-0.2, -0.15) is 0 Å². The van der Waals surface area contributed by atoms with Crippen LogP contribution in [0, 0.1) is 0 Å². The van der Waals surface area contributed by atoms with Crippen molar-refractivity contribution in [3.8, 4) is 0 Å². The van der Waals surface area contributed by atoms with E-state index in [-0.39, 0.29) is 1.43 Å². The Hall–Kier alpha value is 5.31. The number of carboxylic acids is 1. The van der Waals surface area contributed by atoms with Crippen LogP contribution in [0.5, 0.6) is 0 Å². The van der Waals surface area contributed by atoms with Crippen molar-refractivity contribution in [2.24, 2.45) is 0 Å². The predicted molar refractivity (Wildman–Crippen MR) is 132 cm³/mol. The van der Waals surface area contributed by atoms with Crippen LogP contribution in [0.1, 0.15) is 0 Å². The summed E-state index contributed by atoms with van der Waals surface area (Å²) in [6.45, 7) is 0. The minimum atomic E-state index is -0.833. The largest absolute Gasteiger partial charge is 0.480 e. The van der Waals surface area contributed by atoms with E-state index in [4.69, 9.17) is 0 Å². The van der Waals surface area contributed by atoms with E-state index in [1.54, 1.807) is 0 Å². The number of rotatable bonds is 4. The number of aliphatic carboxylic acids is 1. The summed E-state index contributed by atoms with van der Waals surface area (Å²) in [6, 6.07) is 0. The Morgan fingerprint density at radius 1 is 1.00 bits per heavy atom. The second-order valence-electron chi connectivity index (χ2n) is 2.38. The highest BCUT2D eigenvalue weighted by Gasteiger charge is 2.62. The lowest BCUT2D eigenvalue weighted by atomic mass is 10.2. The number of carbonyl (C=O) groups is 1. The Morgan fingerprint density at radius 2 is 1.33 bits per heavy atom. The van der Waals surface area contributed by atoms with Crippen molar-refractivity contribution in [3.63, 3.8) is 0 Å². The van der Waals surface area contributed by atoms with E-state index in [1.807, 2.05) is 45.2 Å². The fourth-order valence-electron chi connectivity index (χ4n) is 0.481. The second kappa shape index (κ2) is 7.54. The van der Waals surface area contributed by atoms with E-state index in [2.05, 4.69) is 136 Å². The topological polar surface area (TPSA) is 37.3 Å². The van der Waals surface area contributed by atoms with Gasteiger partial charge in [0.25, 0.3) is 0 Å². The maximum atomic E-state index is 11.3. The highest BCUT2D eigenvalue weighted by molar-refractivity contribution is 14.2. The van der Waals surface area contributed by atoms with Gasteiger partial charge in [0.2, 0.25) is 0 Å². The Labute approximate surface area is 197 Å². The molecule has 0 saturated carbocycles. The molecule has 90 valence electrons. The van der Waals surface area contributed by atoms with Gasteiger partial charge in [0.1, 0.15) is 2.86 Å². The molecule has 10 heteroatoms. The Balaban J connectivity index is 5.40. The third-order valence-corrected chi connectivity index (χ3v) is 25.0. The first-order chi connectivity index (χ1) is 6.39. The van der Waals surface area contributed by atoms with Crippen LogP contribution in [-0.4, -0.2) is 17.3 Å². The number of halogens is 8. The molecule has 1 N–H and O–H groups in total. The van der Waals surface area contributed by atoms with Gasteiger partial charge in [-0.3, -0.25) is 0 Å². The normalized spacial score (nSPS) is 14.5. The molecule has 0 bridgehead atoms. The summed E-state index contributed by atoms with van der Waals surface area (Å²) in [5.41, 5.74) is 0. The van der Waals surface area contributed by atoms with Crippen molar-refractivity contribution >= 4 is 187 Å². The molecule has 0 saturated heterocycles. The summed E-state index contributed by atoms with van der Waals surface area (Å²) in [4.78, 5) is 11.3. The zero-order valence-corrected chi connectivity index (χ0v) is 23.7. The molecule has 0 heterocycles. The van der Waals surface area contributed by atoms with Crippen molar-refractivity contribution in [1.82, 2.24) is 0 Å². The standard InChI is InChI=1S/C5H2I8O2/c6-1(7)3(8,9)5(12,13)4(10,11)2(14)15/h1H,(H,14,15). The predicted octanol–water partition coefficient (Wildman–Crippen LogP) is 5.97. The van der Waals surface area contributed by atoms with E-state index in [0.29, 0.717) is 1.93 Å². The van der Waals surface area contributed by atoms with Gasteiger partial charge in [-0.25, -0.2) is 4.79 Å². The highest BCUT2D eigenvalue weighted by atomic mass is 127. The molecular formula is C5H2I8O2. The summed E-state index contributed by atoms with van der Waals surface area (Å²) in [5.74, 6) is -0.779. The Morgan fingerprint density at radius 3 is 1.53 bits per heavy atom. The third kappa shape index (κ3) is 4.64. The van der Waals surface area contributed by atoms with E-state index >= 15 is 0 Å². The van der Waals surface area contributed by atoms with E-state index < -0.39 is 8.83 Å².